The fraction of sp³-hybridized carbons (Fsp3) is 0.105. The zero-order valence-electron chi connectivity index (χ0n) is 15.8. The number of hydrogen-bond donors (Lipinski definition) is 2. The van der Waals surface area contributed by atoms with Crippen molar-refractivity contribution in [1.29, 1.82) is 0 Å². The molecule has 0 spiro atoms. The molecule has 4 aromatic rings. The molecule has 0 saturated carbocycles. The van der Waals surface area contributed by atoms with Gasteiger partial charge in [0.25, 0.3) is 15.9 Å². The number of ether oxygens (including phenoxy) is 1. The zero-order valence-corrected chi connectivity index (χ0v) is 17.4. The molecule has 2 aromatic carbocycles. The van der Waals surface area contributed by atoms with Crippen molar-refractivity contribution in [3.05, 3.63) is 63.6 Å². The first kappa shape index (κ1) is 20.7. The molecule has 0 atom stereocenters. The van der Waals surface area contributed by atoms with Gasteiger partial charge in [-0.15, -0.1) is 0 Å². The van der Waals surface area contributed by atoms with Crippen LogP contribution in [0.25, 0.3) is 22.4 Å². The summed E-state index contributed by atoms with van der Waals surface area (Å²) in [7, 11) is -4.23. The number of anilines is 1. The lowest BCUT2D eigenvalue weighted by Crippen LogP contribution is -2.15. The average Bonchev–Trinajstić information content (AvgIpc) is 3.30. The van der Waals surface area contributed by atoms with Crippen LogP contribution < -0.4 is 10.5 Å². The molecule has 0 fully saturated rings. The van der Waals surface area contributed by atoms with Gasteiger partial charge in [-0.1, -0.05) is 28.9 Å². The Hall–Kier alpha value is -3.57. The third kappa shape index (κ3) is 4.05. The van der Waals surface area contributed by atoms with E-state index in [1.165, 1.54) is 12.1 Å². The number of carbonyl (C=O) groups is 1. The lowest BCUT2D eigenvalue weighted by molar-refractivity contribution is 0.0528. The highest BCUT2D eigenvalue weighted by atomic mass is 35.5. The summed E-state index contributed by atoms with van der Waals surface area (Å²) in [5.41, 5.74) is 0.748. The maximum Gasteiger partial charge on any atom is 0.417 e. The first-order valence-corrected chi connectivity index (χ1v) is 10.7. The van der Waals surface area contributed by atoms with E-state index in [2.05, 4.69) is 14.9 Å². The van der Waals surface area contributed by atoms with Gasteiger partial charge in [0.1, 0.15) is 5.69 Å². The lowest BCUT2D eigenvalue weighted by Gasteiger charge is -2.07. The number of hydrogen-bond acceptors (Lipinski definition) is 8. The number of benzene rings is 2. The van der Waals surface area contributed by atoms with Gasteiger partial charge in [-0.3, -0.25) is 4.98 Å². The van der Waals surface area contributed by atoms with Crippen molar-refractivity contribution in [2.24, 2.45) is 0 Å². The SMILES string of the molecule is CCOC(=O)c1c(-c2ccc(Cl)cc2)noc1NS(=O)(=O)c1ccc2[nH]c(=O)oc2c1. The van der Waals surface area contributed by atoms with Gasteiger partial charge in [0, 0.05) is 16.7 Å². The van der Waals surface area contributed by atoms with E-state index in [0.29, 0.717) is 16.1 Å². The van der Waals surface area contributed by atoms with Crippen LogP contribution in [-0.4, -0.2) is 31.1 Å². The maximum atomic E-state index is 12.9. The van der Waals surface area contributed by atoms with E-state index in [4.69, 9.17) is 25.3 Å². The van der Waals surface area contributed by atoms with Gasteiger partial charge in [-0.25, -0.2) is 22.7 Å². The van der Waals surface area contributed by atoms with Gasteiger partial charge in [0.2, 0.25) is 0 Å². The smallest absolute Gasteiger partial charge is 0.417 e. The standard InChI is InChI=1S/C19H14ClN3O7S/c1-2-28-18(24)15-16(10-3-5-11(20)6-4-10)22-30-17(15)23-31(26,27)12-7-8-13-14(9-12)29-19(25)21-13/h3-9,23H,2H2,1H3,(H,21,25). The Morgan fingerprint density at radius 3 is 2.68 bits per heavy atom. The fourth-order valence-electron chi connectivity index (χ4n) is 2.83. The summed E-state index contributed by atoms with van der Waals surface area (Å²) < 4.78 is 43.0. The summed E-state index contributed by atoms with van der Waals surface area (Å²) in [4.78, 5) is 26.1. The number of nitrogens with one attached hydrogen (secondary N) is 2. The van der Waals surface area contributed by atoms with E-state index in [-0.39, 0.29) is 28.3 Å². The summed E-state index contributed by atoms with van der Waals surface area (Å²) in [6, 6.07) is 10.2. The highest BCUT2D eigenvalue weighted by Gasteiger charge is 2.29. The number of carbonyl (C=O) groups excluding carboxylic acids is 1. The van der Waals surface area contributed by atoms with Crippen molar-refractivity contribution in [3.8, 4) is 11.3 Å². The first-order chi connectivity index (χ1) is 14.8. The van der Waals surface area contributed by atoms with Gasteiger partial charge < -0.3 is 13.7 Å². The van der Waals surface area contributed by atoms with E-state index in [1.807, 2.05) is 0 Å². The van der Waals surface area contributed by atoms with Crippen LogP contribution in [0.1, 0.15) is 17.3 Å². The van der Waals surface area contributed by atoms with Gasteiger partial charge in [-0.05, 0) is 31.2 Å². The van der Waals surface area contributed by atoms with Crippen molar-refractivity contribution in [2.45, 2.75) is 11.8 Å². The van der Waals surface area contributed by atoms with Crippen LogP contribution in [0.15, 0.2) is 61.1 Å². The second-order valence-corrected chi connectivity index (χ2v) is 8.36. The van der Waals surface area contributed by atoms with E-state index in [0.717, 1.165) is 6.07 Å². The molecule has 160 valence electrons. The Morgan fingerprint density at radius 2 is 1.97 bits per heavy atom. The van der Waals surface area contributed by atoms with E-state index in [9.17, 15) is 18.0 Å². The number of rotatable bonds is 6. The predicted molar refractivity (Wildman–Crippen MR) is 111 cm³/mol. The molecule has 0 radical (unpaired) electrons. The molecule has 0 amide bonds. The molecule has 0 saturated heterocycles. The molecule has 4 rings (SSSR count). The minimum atomic E-state index is -4.23. The minimum absolute atomic E-state index is 0.0536. The van der Waals surface area contributed by atoms with E-state index >= 15 is 0 Å². The highest BCUT2D eigenvalue weighted by molar-refractivity contribution is 7.92. The van der Waals surface area contributed by atoms with Crippen molar-refractivity contribution >= 4 is 44.6 Å². The summed E-state index contributed by atoms with van der Waals surface area (Å²) in [5, 5.41) is 4.31. The predicted octanol–water partition coefficient (Wildman–Crippen LogP) is 3.41. The first-order valence-electron chi connectivity index (χ1n) is 8.87. The summed E-state index contributed by atoms with van der Waals surface area (Å²) >= 11 is 5.90. The quantitative estimate of drug-likeness (QED) is 0.414. The largest absolute Gasteiger partial charge is 0.462 e. The number of H-pyrrole nitrogens is 1. The Morgan fingerprint density at radius 1 is 1.23 bits per heavy atom. The average molecular weight is 464 g/mol. The number of oxazole rings is 1. The number of esters is 1. The van der Waals surface area contributed by atoms with Crippen molar-refractivity contribution in [3.63, 3.8) is 0 Å². The van der Waals surface area contributed by atoms with E-state index in [1.54, 1.807) is 31.2 Å². The number of aromatic nitrogens is 2. The molecule has 12 heteroatoms. The Balaban J connectivity index is 1.76. The molecule has 31 heavy (non-hydrogen) atoms. The van der Waals surface area contributed by atoms with E-state index < -0.39 is 27.6 Å². The second-order valence-electron chi connectivity index (χ2n) is 6.24. The van der Waals surface area contributed by atoms with Gasteiger partial charge in [0.05, 0.1) is 17.0 Å². The number of halogens is 1. The molecule has 0 aliphatic carbocycles. The molecular formula is C19H14ClN3O7S. The number of aromatic amines is 1. The van der Waals surface area contributed by atoms with Crippen LogP contribution >= 0.6 is 11.6 Å². The third-order valence-corrected chi connectivity index (χ3v) is 5.80. The van der Waals surface area contributed by atoms with Crippen LogP contribution in [0.4, 0.5) is 5.88 Å². The summed E-state index contributed by atoms with van der Waals surface area (Å²) in [5.74, 6) is -1.96. The Bertz CT molecular complexity index is 1440. The molecule has 2 heterocycles. The van der Waals surface area contributed by atoms with Crippen molar-refractivity contribution in [1.82, 2.24) is 10.1 Å². The van der Waals surface area contributed by atoms with Crippen LogP contribution in [-0.2, 0) is 14.8 Å². The molecule has 0 aliphatic heterocycles. The van der Waals surface area contributed by atoms with Gasteiger partial charge >= 0.3 is 11.7 Å². The third-order valence-electron chi connectivity index (χ3n) is 4.22. The Labute approximate surface area is 179 Å². The monoisotopic (exact) mass is 463 g/mol. The lowest BCUT2D eigenvalue weighted by atomic mass is 10.1. The summed E-state index contributed by atoms with van der Waals surface area (Å²) in [6.45, 7) is 1.66. The van der Waals surface area contributed by atoms with Crippen LogP contribution in [0.2, 0.25) is 5.02 Å². The molecule has 0 bridgehead atoms. The van der Waals surface area contributed by atoms with Crippen LogP contribution in [0.5, 0.6) is 0 Å². The molecule has 10 nitrogen and oxygen atoms in total. The topological polar surface area (TPSA) is 144 Å². The maximum absolute atomic E-state index is 12.9. The highest BCUT2D eigenvalue weighted by Crippen LogP contribution is 2.32. The van der Waals surface area contributed by atoms with Gasteiger partial charge in [-0.2, -0.15) is 0 Å². The van der Waals surface area contributed by atoms with Crippen LogP contribution in [0, 0.1) is 0 Å². The Kier molecular flexibility index (Phi) is 5.29. The summed E-state index contributed by atoms with van der Waals surface area (Å²) in [6.07, 6.45) is 0. The fourth-order valence-corrected chi connectivity index (χ4v) is 3.97. The zero-order chi connectivity index (χ0) is 22.2. The number of nitrogens with zero attached hydrogens (tertiary/aromatic N) is 1. The van der Waals surface area contributed by atoms with Crippen molar-refractivity contribution < 1.29 is 26.9 Å². The molecule has 2 N–H and O–H groups in total. The molecule has 0 aliphatic rings. The van der Waals surface area contributed by atoms with Crippen molar-refractivity contribution in [2.75, 3.05) is 11.3 Å². The molecule has 2 aromatic heterocycles. The minimum Gasteiger partial charge on any atom is -0.462 e. The van der Waals surface area contributed by atoms with Gasteiger partial charge in [0.15, 0.2) is 11.1 Å². The molecular weight excluding hydrogens is 450 g/mol. The second kappa shape index (κ2) is 7.93. The van der Waals surface area contributed by atoms with Crippen LogP contribution in [0.3, 0.4) is 0 Å². The number of fused-ring (bicyclic) bond motifs is 1. The molecule has 0 unspecified atom stereocenters. The number of sulfonamides is 1. The normalized spacial score (nSPS) is 11.5.